The number of carboxylic acids is 1. The number of nitrogens with zero attached hydrogens (tertiary/aromatic N) is 1. The second-order valence-electron chi connectivity index (χ2n) is 5.30. The number of carbonyl (C=O) groups is 1. The molecule has 1 N–H and O–H groups in total. The molecule has 22 heavy (non-hydrogen) atoms. The Kier molecular flexibility index (Phi) is 3.41. The van der Waals surface area contributed by atoms with Crippen molar-refractivity contribution >= 4 is 21.7 Å². The van der Waals surface area contributed by atoms with Crippen LogP contribution in [0.15, 0.2) is 53.4 Å². The first-order chi connectivity index (χ1) is 10.4. The molecule has 0 bridgehead atoms. The van der Waals surface area contributed by atoms with E-state index in [1.807, 2.05) is 6.92 Å². The summed E-state index contributed by atoms with van der Waals surface area (Å²) in [5.41, 5.74) is 2.11. The summed E-state index contributed by atoms with van der Waals surface area (Å²) in [5, 5.41) is 9.40. The maximum atomic E-state index is 12.9. The van der Waals surface area contributed by atoms with Gasteiger partial charge in [0.15, 0.2) is 0 Å². The first-order valence-electron chi connectivity index (χ1n) is 6.83. The van der Waals surface area contributed by atoms with Gasteiger partial charge in [-0.3, -0.25) is 4.31 Å². The van der Waals surface area contributed by atoms with Crippen molar-refractivity contribution in [2.75, 3.05) is 4.31 Å². The number of carboxylic acid groups (broad SMARTS) is 1. The van der Waals surface area contributed by atoms with E-state index < -0.39 is 22.0 Å². The fourth-order valence-corrected chi connectivity index (χ4v) is 4.31. The van der Waals surface area contributed by atoms with E-state index in [4.69, 9.17) is 0 Å². The summed E-state index contributed by atoms with van der Waals surface area (Å²) in [6.45, 7) is 1.86. The van der Waals surface area contributed by atoms with Gasteiger partial charge >= 0.3 is 5.97 Å². The molecular weight excluding hydrogens is 302 g/mol. The van der Waals surface area contributed by atoms with Crippen molar-refractivity contribution in [2.24, 2.45) is 0 Å². The van der Waals surface area contributed by atoms with Gasteiger partial charge in [-0.1, -0.05) is 35.9 Å². The highest BCUT2D eigenvalue weighted by atomic mass is 32.2. The highest BCUT2D eigenvalue weighted by Crippen LogP contribution is 2.36. The monoisotopic (exact) mass is 317 g/mol. The lowest BCUT2D eigenvalue weighted by molar-refractivity contribution is -0.138. The molecule has 6 heteroatoms. The number of aliphatic carboxylic acids is 1. The van der Waals surface area contributed by atoms with Crippen LogP contribution in [-0.2, 0) is 21.2 Å². The molecule has 0 aromatic heterocycles. The van der Waals surface area contributed by atoms with Crippen LogP contribution in [0.2, 0.25) is 0 Å². The number of benzene rings is 2. The van der Waals surface area contributed by atoms with E-state index in [-0.39, 0.29) is 11.3 Å². The largest absolute Gasteiger partial charge is 0.480 e. The first kappa shape index (κ1) is 14.6. The van der Waals surface area contributed by atoms with Crippen molar-refractivity contribution in [3.05, 3.63) is 59.7 Å². The molecule has 1 unspecified atom stereocenters. The van der Waals surface area contributed by atoms with Gasteiger partial charge in [0.05, 0.1) is 10.6 Å². The maximum Gasteiger partial charge on any atom is 0.327 e. The van der Waals surface area contributed by atoms with Crippen LogP contribution in [0.4, 0.5) is 5.69 Å². The van der Waals surface area contributed by atoms with E-state index in [2.05, 4.69) is 0 Å². The van der Waals surface area contributed by atoms with Gasteiger partial charge in [0, 0.05) is 6.42 Å². The van der Waals surface area contributed by atoms with Crippen LogP contribution >= 0.6 is 0 Å². The average Bonchev–Trinajstić information content (AvgIpc) is 2.88. The quantitative estimate of drug-likeness (QED) is 0.942. The van der Waals surface area contributed by atoms with Crippen LogP contribution in [0.25, 0.3) is 0 Å². The molecule has 0 spiro atoms. The fraction of sp³-hybridized carbons (Fsp3) is 0.188. The van der Waals surface area contributed by atoms with Gasteiger partial charge in [0.25, 0.3) is 10.0 Å². The molecule has 2 aromatic rings. The second kappa shape index (κ2) is 5.14. The molecule has 2 aromatic carbocycles. The number of hydrogen-bond acceptors (Lipinski definition) is 3. The topological polar surface area (TPSA) is 74.7 Å². The molecule has 0 saturated carbocycles. The van der Waals surface area contributed by atoms with Gasteiger partial charge in [-0.05, 0) is 30.7 Å². The van der Waals surface area contributed by atoms with E-state index in [1.165, 1.54) is 12.1 Å². The van der Waals surface area contributed by atoms with Crippen molar-refractivity contribution < 1.29 is 18.3 Å². The van der Waals surface area contributed by atoms with Crippen molar-refractivity contribution in [1.82, 2.24) is 0 Å². The number of hydrogen-bond donors (Lipinski definition) is 1. The summed E-state index contributed by atoms with van der Waals surface area (Å²) in [6.07, 6.45) is 0.177. The van der Waals surface area contributed by atoms with Crippen LogP contribution in [-0.4, -0.2) is 25.5 Å². The SMILES string of the molecule is Cc1ccc(S(=O)(=O)N2c3ccccc3CC2C(=O)O)cc1. The minimum Gasteiger partial charge on any atom is -0.480 e. The van der Waals surface area contributed by atoms with Crippen LogP contribution in [0.3, 0.4) is 0 Å². The van der Waals surface area contributed by atoms with E-state index in [0.29, 0.717) is 5.69 Å². The Morgan fingerprint density at radius 2 is 1.77 bits per heavy atom. The van der Waals surface area contributed by atoms with Crippen molar-refractivity contribution in [2.45, 2.75) is 24.3 Å². The van der Waals surface area contributed by atoms with Gasteiger partial charge < -0.3 is 5.11 Å². The molecule has 1 aliphatic heterocycles. The lowest BCUT2D eigenvalue weighted by atomic mass is 10.1. The van der Waals surface area contributed by atoms with Crippen molar-refractivity contribution in [3.63, 3.8) is 0 Å². The highest BCUT2D eigenvalue weighted by Gasteiger charge is 2.42. The number of anilines is 1. The summed E-state index contributed by atoms with van der Waals surface area (Å²) < 4.78 is 26.8. The van der Waals surface area contributed by atoms with Gasteiger partial charge in [-0.15, -0.1) is 0 Å². The molecule has 1 aliphatic rings. The van der Waals surface area contributed by atoms with Gasteiger partial charge in [0.2, 0.25) is 0 Å². The van der Waals surface area contributed by atoms with Crippen LogP contribution in [0, 0.1) is 6.92 Å². The molecule has 0 radical (unpaired) electrons. The molecule has 0 saturated heterocycles. The number of para-hydroxylation sites is 1. The smallest absolute Gasteiger partial charge is 0.327 e. The Morgan fingerprint density at radius 1 is 1.14 bits per heavy atom. The summed E-state index contributed by atoms with van der Waals surface area (Å²) in [6, 6.07) is 12.2. The Balaban J connectivity index is 2.14. The fourth-order valence-electron chi connectivity index (χ4n) is 2.67. The van der Waals surface area contributed by atoms with E-state index in [9.17, 15) is 18.3 Å². The molecule has 0 aliphatic carbocycles. The Bertz CT molecular complexity index is 827. The van der Waals surface area contributed by atoms with Crippen molar-refractivity contribution in [1.29, 1.82) is 0 Å². The number of fused-ring (bicyclic) bond motifs is 1. The lowest BCUT2D eigenvalue weighted by Crippen LogP contribution is -2.42. The van der Waals surface area contributed by atoms with Gasteiger partial charge in [-0.25, -0.2) is 13.2 Å². The molecule has 1 heterocycles. The molecule has 1 atom stereocenters. The lowest BCUT2D eigenvalue weighted by Gasteiger charge is -2.24. The predicted molar refractivity (Wildman–Crippen MR) is 82.4 cm³/mol. The van der Waals surface area contributed by atoms with E-state index >= 15 is 0 Å². The van der Waals surface area contributed by atoms with Crippen LogP contribution in [0.1, 0.15) is 11.1 Å². The molecule has 3 rings (SSSR count). The minimum absolute atomic E-state index is 0.0982. The first-order valence-corrected chi connectivity index (χ1v) is 8.27. The number of sulfonamides is 1. The summed E-state index contributed by atoms with van der Waals surface area (Å²) in [4.78, 5) is 11.6. The van der Waals surface area contributed by atoms with Crippen molar-refractivity contribution in [3.8, 4) is 0 Å². The molecule has 0 fully saturated rings. The third-order valence-electron chi connectivity index (χ3n) is 3.79. The minimum atomic E-state index is -3.91. The molecular formula is C16H15NO4S. The van der Waals surface area contributed by atoms with Gasteiger partial charge in [-0.2, -0.15) is 0 Å². The standard InChI is InChI=1S/C16H15NO4S/c1-11-6-8-13(9-7-11)22(20,21)17-14-5-3-2-4-12(14)10-15(17)16(18)19/h2-9,15H,10H2,1H3,(H,18,19). The Hall–Kier alpha value is -2.34. The summed E-state index contributed by atoms with van der Waals surface area (Å²) in [5.74, 6) is -1.15. The Morgan fingerprint density at radius 3 is 2.41 bits per heavy atom. The zero-order valence-electron chi connectivity index (χ0n) is 11.9. The zero-order chi connectivity index (χ0) is 15.9. The van der Waals surface area contributed by atoms with Crippen LogP contribution in [0.5, 0.6) is 0 Å². The van der Waals surface area contributed by atoms with E-state index in [0.717, 1.165) is 15.4 Å². The highest BCUT2D eigenvalue weighted by molar-refractivity contribution is 7.93. The van der Waals surface area contributed by atoms with E-state index in [1.54, 1.807) is 36.4 Å². The van der Waals surface area contributed by atoms with Crippen LogP contribution < -0.4 is 4.31 Å². The number of aryl methyl sites for hydroxylation is 1. The predicted octanol–water partition coefficient (Wildman–Crippen LogP) is 2.20. The summed E-state index contributed by atoms with van der Waals surface area (Å²) in [7, 11) is -3.91. The molecule has 5 nitrogen and oxygen atoms in total. The Labute approximate surface area is 128 Å². The zero-order valence-corrected chi connectivity index (χ0v) is 12.7. The molecule has 0 amide bonds. The maximum absolute atomic E-state index is 12.9. The summed E-state index contributed by atoms with van der Waals surface area (Å²) >= 11 is 0. The molecule has 114 valence electrons. The average molecular weight is 317 g/mol. The second-order valence-corrected chi connectivity index (χ2v) is 7.12. The normalized spacial score (nSPS) is 17.3. The van der Waals surface area contributed by atoms with Gasteiger partial charge in [0.1, 0.15) is 6.04 Å². The third kappa shape index (κ3) is 2.25. The number of rotatable bonds is 3. The third-order valence-corrected chi connectivity index (χ3v) is 5.63.